The molecule has 7 nitrogen and oxygen atoms in total. The Bertz CT molecular complexity index is 2080. The number of fused-ring (bicyclic) bond motifs is 4. The van der Waals surface area contributed by atoms with Crippen molar-refractivity contribution in [2.75, 3.05) is 11.4 Å². The van der Waals surface area contributed by atoms with Crippen LogP contribution >= 0.6 is 0 Å². The monoisotopic (exact) mass is 648 g/mol. The highest BCUT2D eigenvalue weighted by atomic mass is 32.2. The van der Waals surface area contributed by atoms with E-state index in [9.17, 15) is 17.8 Å². The zero-order chi connectivity index (χ0) is 33.6. The lowest BCUT2D eigenvalue weighted by molar-refractivity contribution is -0.438. The lowest BCUT2D eigenvalue weighted by Crippen LogP contribution is -2.28. The van der Waals surface area contributed by atoms with E-state index in [1.54, 1.807) is 6.07 Å². The van der Waals surface area contributed by atoms with Gasteiger partial charge in [-0.3, -0.25) is 4.79 Å². The van der Waals surface area contributed by atoms with Gasteiger partial charge < -0.3 is 14.6 Å². The summed E-state index contributed by atoms with van der Waals surface area (Å²) in [6.07, 6.45) is 8.57. The third kappa shape index (κ3) is 5.92. The first kappa shape index (κ1) is 32.4. The van der Waals surface area contributed by atoms with E-state index in [2.05, 4.69) is 90.1 Å². The van der Waals surface area contributed by atoms with E-state index in [0.29, 0.717) is 13.0 Å². The first-order chi connectivity index (χ1) is 22.3. The van der Waals surface area contributed by atoms with Gasteiger partial charge in [-0.25, -0.2) is 8.42 Å². The minimum Gasteiger partial charge on any atom is -0.744 e. The predicted molar refractivity (Wildman–Crippen MR) is 186 cm³/mol. The van der Waals surface area contributed by atoms with Gasteiger partial charge in [-0.2, -0.15) is 4.58 Å². The number of carbonyl (C=O) groups is 1. The molecule has 0 atom stereocenters. The smallest absolute Gasteiger partial charge is 0.303 e. The molecule has 0 amide bonds. The molecule has 1 N–H and O–H groups in total. The highest BCUT2D eigenvalue weighted by Gasteiger charge is 2.45. The number of carboxylic acids is 1. The summed E-state index contributed by atoms with van der Waals surface area (Å²) in [6.45, 7) is 9.24. The molecule has 242 valence electrons. The van der Waals surface area contributed by atoms with Crippen LogP contribution in [0.2, 0.25) is 0 Å². The van der Waals surface area contributed by atoms with E-state index in [0.717, 1.165) is 46.9 Å². The molecular weight excluding hydrogens is 609 g/mol. The van der Waals surface area contributed by atoms with Crippen LogP contribution in [0.3, 0.4) is 0 Å². The molecule has 2 heterocycles. The van der Waals surface area contributed by atoms with Crippen LogP contribution in [-0.2, 0) is 25.7 Å². The van der Waals surface area contributed by atoms with Crippen molar-refractivity contribution in [2.24, 2.45) is 0 Å². The topological polar surface area (TPSA) is 101 Å². The zero-order valence-corrected chi connectivity index (χ0v) is 28.0. The second-order valence-electron chi connectivity index (χ2n) is 13.4. The standard InChI is InChI=1S/C39H40N2O5S/c1-38(2)31-26-29(47(44,45)46)22-24-32(31)40(25-12-6-9-20-36(42)43)34(38)18-13-19-35-39(3,4)37-30-17-11-10-14-27(30)21-23-33(37)41(35)28-15-7-5-8-16-28/h5,7-8,10-11,13-19,21-24,26H,6,9,12,20,25H2,1-4H3,(H-,42,43,44,45,46). The molecule has 8 heteroatoms. The van der Waals surface area contributed by atoms with Crippen LogP contribution in [0, 0.1) is 0 Å². The van der Waals surface area contributed by atoms with Crippen molar-refractivity contribution in [3.63, 3.8) is 0 Å². The SMILES string of the molecule is CC1(C)C(C=CC=C2N(c3ccccc3)c3ccc4ccccc4c3C2(C)C)=[N+](CCCCCC(=O)O)c2ccc(S(=O)(=O)[O-])cc21. The van der Waals surface area contributed by atoms with Crippen molar-refractivity contribution in [3.05, 3.63) is 120 Å². The van der Waals surface area contributed by atoms with Crippen LogP contribution in [-0.4, -0.2) is 40.9 Å². The average Bonchev–Trinajstić information content (AvgIpc) is 3.39. The summed E-state index contributed by atoms with van der Waals surface area (Å²) in [4.78, 5) is 13.1. The fourth-order valence-electron chi connectivity index (χ4n) is 7.28. The molecule has 0 saturated heterocycles. The molecule has 0 bridgehead atoms. The second-order valence-corrected chi connectivity index (χ2v) is 14.8. The van der Waals surface area contributed by atoms with Gasteiger partial charge in [0.1, 0.15) is 16.7 Å². The van der Waals surface area contributed by atoms with Gasteiger partial charge in [0.2, 0.25) is 5.69 Å². The molecule has 4 aromatic carbocycles. The van der Waals surface area contributed by atoms with E-state index in [1.807, 2.05) is 32.0 Å². The summed E-state index contributed by atoms with van der Waals surface area (Å²) in [7, 11) is -4.62. The minimum absolute atomic E-state index is 0.127. The van der Waals surface area contributed by atoms with E-state index in [-0.39, 0.29) is 16.7 Å². The molecule has 2 aliphatic heterocycles. The van der Waals surface area contributed by atoms with Crippen molar-refractivity contribution in [1.82, 2.24) is 0 Å². The Labute approximate surface area is 276 Å². The minimum atomic E-state index is -4.62. The fourth-order valence-corrected chi connectivity index (χ4v) is 7.78. The predicted octanol–water partition coefficient (Wildman–Crippen LogP) is 8.33. The molecule has 0 aliphatic carbocycles. The summed E-state index contributed by atoms with van der Waals surface area (Å²) in [5.74, 6) is -0.804. The summed E-state index contributed by atoms with van der Waals surface area (Å²) in [6, 6.07) is 27.8. The molecule has 0 spiro atoms. The number of para-hydroxylation sites is 1. The summed E-state index contributed by atoms with van der Waals surface area (Å²) in [5, 5.41) is 11.5. The van der Waals surface area contributed by atoms with Crippen LogP contribution in [0.5, 0.6) is 0 Å². The van der Waals surface area contributed by atoms with Gasteiger partial charge in [-0.15, -0.1) is 0 Å². The van der Waals surface area contributed by atoms with E-state index < -0.39 is 21.5 Å². The average molecular weight is 649 g/mol. The van der Waals surface area contributed by atoms with Crippen LogP contribution in [0.25, 0.3) is 10.8 Å². The highest BCUT2D eigenvalue weighted by Crippen LogP contribution is 2.53. The molecule has 47 heavy (non-hydrogen) atoms. The maximum absolute atomic E-state index is 12.0. The number of carboxylic acid groups (broad SMARTS) is 1. The van der Waals surface area contributed by atoms with E-state index in [1.165, 1.54) is 28.5 Å². The third-order valence-corrected chi connectivity index (χ3v) is 10.4. The molecule has 0 radical (unpaired) electrons. The summed E-state index contributed by atoms with van der Waals surface area (Å²) < 4.78 is 38.1. The first-order valence-corrected chi connectivity index (χ1v) is 17.5. The lowest BCUT2D eigenvalue weighted by atomic mass is 9.80. The highest BCUT2D eigenvalue weighted by molar-refractivity contribution is 7.85. The first-order valence-electron chi connectivity index (χ1n) is 16.1. The Morgan fingerprint density at radius 3 is 2.34 bits per heavy atom. The van der Waals surface area contributed by atoms with Crippen LogP contribution in [0.4, 0.5) is 17.1 Å². The number of hydrogen-bond acceptors (Lipinski definition) is 5. The maximum atomic E-state index is 12.0. The normalized spacial score (nSPS) is 17.6. The van der Waals surface area contributed by atoms with Gasteiger partial charge in [0.05, 0.1) is 16.0 Å². The molecule has 0 fully saturated rings. The van der Waals surface area contributed by atoms with Crippen LogP contribution < -0.4 is 4.90 Å². The summed E-state index contributed by atoms with van der Waals surface area (Å²) in [5.41, 5.74) is 6.33. The number of anilines is 2. The second kappa shape index (κ2) is 12.2. The molecule has 4 aromatic rings. The van der Waals surface area contributed by atoms with Gasteiger partial charge in [0.15, 0.2) is 5.71 Å². The number of benzene rings is 4. The molecule has 0 saturated carbocycles. The van der Waals surface area contributed by atoms with Gasteiger partial charge >= 0.3 is 5.97 Å². The van der Waals surface area contributed by atoms with Crippen molar-refractivity contribution >= 4 is 49.6 Å². The number of hydrogen-bond donors (Lipinski definition) is 1. The number of rotatable bonds is 10. The summed E-state index contributed by atoms with van der Waals surface area (Å²) >= 11 is 0. The number of unbranched alkanes of at least 4 members (excludes halogenated alkanes) is 2. The van der Waals surface area contributed by atoms with Gasteiger partial charge in [0.25, 0.3) is 0 Å². The Balaban J connectivity index is 1.44. The third-order valence-electron chi connectivity index (χ3n) is 9.60. The molecule has 0 aromatic heterocycles. The van der Waals surface area contributed by atoms with Crippen LogP contribution in [0.15, 0.2) is 114 Å². The fraction of sp³-hybridized carbons (Fsp3) is 0.282. The van der Waals surface area contributed by atoms with Gasteiger partial charge in [-0.1, -0.05) is 68.5 Å². The Morgan fingerprint density at radius 1 is 0.894 bits per heavy atom. The van der Waals surface area contributed by atoms with E-state index >= 15 is 0 Å². The lowest BCUT2D eigenvalue weighted by Gasteiger charge is -2.27. The van der Waals surface area contributed by atoms with Gasteiger partial charge in [0, 0.05) is 47.3 Å². The molecule has 2 aliphatic rings. The Hall–Kier alpha value is -4.53. The Morgan fingerprint density at radius 2 is 1.62 bits per heavy atom. The van der Waals surface area contributed by atoms with Crippen molar-refractivity contribution in [3.8, 4) is 0 Å². The van der Waals surface area contributed by atoms with Crippen molar-refractivity contribution < 1.29 is 27.4 Å². The number of nitrogens with zero attached hydrogens (tertiary/aromatic N) is 2. The molecule has 0 unspecified atom stereocenters. The van der Waals surface area contributed by atoms with Gasteiger partial charge in [-0.05, 0) is 79.4 Å². The molecular formula is C39H40N2O5S. The quantitative estimate of drug-likeness (QED) is 0.105. The maximum Gasteiger partial charge on any atom is 0.303 e. The largest absolute Gasteiger partial charge is 0.744 e. The Kier molecular flexibility index (Phi) is 8.45. The van der Waals surface area contributed by atoms with Crippen molar-refractivity contribution in [2.45, 2.75) is 69.1 Å². The van der Waals surface area contributed by atoms with Crippen molar-refractivity contribution in [1.29, 1.82) is 0 Å². The van der Waals surface area contributed by atoms with Crippen LogP contribution in [0.1, 0.15) is 64.5 Å². The van der Waals surface area contributed by atoms with E-state index in [4.69, 9.17) is 5.11 Å². The molecule has 6 rings (SSSR count). The number of allylic oxidation sites excluding steroid dienone is 4. The zero-order valence-electron chi connectivity index (χ0n) is 27.2. The number of aliphatic carboxylic acids is 1.